The molecule has 0 aromatic heterocycles. The first-order chi connectivity index (χ1) is 19.5. The largest absolute Gasteiger partial charge is 0.472 e. The molecule has 0 bridgehead atoms. The number of carbonyl (C=O) groups excluding carboxylic acids is 1. The molecule has 0 saturated heterocycles. The highest BCUT2D eigenvalue weighted by molar-refractivity contribution is 7.80. The van der Waals surface area contributed by atoms with Crippen molar-refractivity contribution < 1.29 is 28.7 Å². The van der Waals surface area contributed by atoms with Crippen molar-refractivity contribution in [3.8, 4) is 0 Å². The molecule has 0 aliphatic carbocycles. The average Bonchev–Trinajstić information content (AvgIpc) is 2.93. The van der Waals surface area contributed by atoms with Crippen LogP contribution in [0.4, 0.5) is 0 Å². The van der Waals surface area contributed by atoms with Crippen LogP contribution < -0.4 is 0 Å². The molecule has 0 aromatic rings. The first kappa shape index (κ1) is 40.8. The van der Waals surface area contributed by atoms with E-state index in [-0.39, 0.29) is 12.0 Å². The van der Waals surface area contributed by atoms with Crippen molar-refractivity contribution >= 4 is 27.1 Å². The quantitative estimate of drug-likeness (QED) is 0.0297. The molecular weight excluding hydrogens is 555 g/mol. The van der Waals surface area contributed by atoms with Gasteiger partial charge < -0.3 is 14.6 Å². The Morgan fingerprint density at radius 1 is 0.780 bits per heavy atom. The fourth-order valence-corrected chi connectivity index (χ4v) is 5.69. The van der Waals surface area contributed by atoms with E-state index in [0.717, 1.165) is 19.3 Å². The molecule has 0 rings (SSSR count). The lowest BCUT2D eigenvalue weighted by molar-refractivity contribution is -0.259. The Hall–Kier alpha value is -0.200. The van der Waals surface area contributed by atoms with Gasteiger partial charge in [-0.05, 0) is 24.2 Å². The summed E-state index contributed by atoms with van der Waals surface area (Å²) in [6, 6.07) is 0. The normalized spacial score (nSPS) is 15.9. The topological polar surface area (TPSA) is 82.1 Å². The number of hydrogen-bond donors (Lipinski definition) is 2. The molecule has 5 unspecified atom stereocenters. The van der Waals surface area contributed by atoms with Crippen LogP contribution in [0, 0.1) is 11.3 Å². The summed E-state index contributed by atoms with van der Waals surface area (Å²) in [5.74, 6) is -0.549. The molecule has 41 heavy (non-hydrogen) atoms. The van der Waals surface area contributed by atoms with Gasteiger partial charge >= 0.3 is 20.0 Å². The van der Waals surface area contributed by atoms with Gasteiger partial charge in [-0.2, -0.15) is 0 Å². The van der Waals surface area contributed by atoms with Gasteiger partial charge in [0.1, 0.15) is 5.44 Å². The smallest absolute Gasteiger partial charge is 0.458 e. The van der Waals surface area contributed by atoms with E-state index >= 15 is 0 Å². The summed E-state index contributed by atoms with van der Waals surface area (Å²) in [5.41, 5.74) is -3.25. The summed E-state index contributed by atoms with van der Waals surface area (Å²) in [6.07, 6.45) is 23.6. The minimum atomic E-state index is -2.55. The van der Waals surface area contributed by atoms with Crippen molar-refractivity contribution in [2.75, 3.05) is 6.61 Å². The van der Waals surface area contributed by atoms with E-state index in [4.69, 9.17) is 26.8 Å². The summed E-state index contributed by atoms with van der Waals surface area (Å²) < 4.78 is 28.5. The van der Waals surface area contributed by atoms with E-state index < -0.39 is 31.7 Å². The number of unbranched alkanes of at least 4 members (excludes halogenated alkanes) is 14. The van der Waals surface area contributed by atoms with Crippen molar-refractivity contribution in [2.45, 2.75) is 187 Å². The number of aliphatic hydroxyl groups is 1. The van der Waals surface area contributed by atoms with Gasteiger partial charge in [0.05, 0.1) is 6.61 Å². The number of carbonyl (C=O) groups is 1. The van der Waals surface area contributed by atoms with E-state index in [9.17, 15) is 14.5 Å². The fraction of sp³-hybridized carbons (Fsp3) is 0.970. The van der Waals surface area contributed by atoms with Crippen LogP contribution in [-0.4, -0.2) is 34.9 Å². The summed E-state index contributed by atoms with van der Waals surface area (Å²) in [6.45, 7) is 12.1. The Kier molecular flexibility index (Phi) is 25.0. The van der Waals surface area contributed by atoms with Crippen molar-refractivity contribution in [3.63, 3.8) is 0 Å². The van der Waals surface area contributed by atoms with E-state index in [1.54, 1.807) is 0 Å². The Morgan fingerprint density at radius 3 is 1.61 bits per heavy atom. The van der Waals surface area contributed by atoms with E-state index in [1.165, 1.54) is 103 Å². The molecule has 8 heteroatoms. The van der Waals surface area contributed by atoms with Crippen LogP contribution in [0.1, 0.15) is 170 Å². The van der Waals surface area contributed by atoms with Gasteiger partial charge in [0.2, 0.25) is 0 Å². The lowest BCUT2D eigenvalue weighted by Gasteiger charge is -2.27. The Labute approximate surface area is 260 Å². The number of ether oxygens (including phenoxy) is 3. The monoisotopic (exact) mass is 621 g/mol. The fourth-order valence-electron chi connectivity index (χ4n) is 4.92. The first-order valence-electron chi connectivity index (χ1n) is 16.8. The Balaban J connectivity index is 4.73. The van der Waals surface area contributed by atoms with E-state index in [0.29, 0.717) is 12.3 Å². The van der Waals surface area contributed by atoms with Gasteiger partial charge in [-0.3, -0.25) is 4.74 Å². The maximum atomic E-state index is 12.5. The zero-order valence-corrected chi connectivity index (χ0v) is 29.4. The molecule has 244 valence electrons. The lowest BCUT2D eigenvalue weighted by atomic mass is 9.91. The maximum Gasteiger partial charge on any atom is 0.472 e. The van der Waals surface area contributed by atoms with Gasteiger partial charge in [0, 0.05) is 0 Å². The van der Waals surface area contributed by atoms with Gasteiger partial charge in [-0.15, -0.1) is 12.6 Å². The molecule has 6 nitrogen and oxygen atoms in total. The highest BCUT2D eigenvalue weighted by Gasteiger charge is 2.52. The highest BCUT2D eigenvalue weighted by Crippen LogP contribution is 2.30. The molecule has 5 atom stereocenters. The van der Waals surface area contributed by atoms with Crippen LogP contribution >= 0.6 is 21.1 Å². The zero-order valence-electron chi connectivity index (χ0n) is 27.5. The van der Waals surface area contributed by atoms with Crippen LogP contribution in [0.25, 0.3) is 0 Å². The number of hydrogen-bond acceptors (Lipinski definition) is 7. The molecule has 1 N–H and O–H groups in total. The first-order valence-corrected chi connectivity index (χ1v) is 18.2. The summed E-state index contributed by atoms with van der Waals surface area (Å²) >= 11 is 4.71. The van der Waals surface area contributed by atoms with Crippen molar-refractivity contribution in [1.29, 1.82) is 0 Å². The van der Waals surface area contributed by atoms with Crippen molar-refractivity contribution in [3.05, 3.63) is 0 Å². The standard InChI is InChI=1S/C33H65O6PS/c1-7-10-12-14-15-16-17-18-19-21-23-25-28(24-22-20-13-11-8-2)26-30(41)38-29(9-3)39-33(35,40-36)31(34)37-27-32(4,5)6/h28-30,35,41H,7-27H2,1-6H3/p+1. The number of thiol groups is 1. The molecule has 0 amide bonds. The third-order valence-corrected chi connectivity index (χ3v) is 8.39. The predicted octanol–water partition coefficient (Wildman–Crippen LogP) is 10.3. The highest BCUT2D eigenvalue weighted by atomic mass is 32.1. The van der Waals surface area contributed by atoms with Gasteiger partial charge in [0.15, 0.2) is 6.29 Å². The second kappa shape index (κ2) is 25.2. The molecule has 0 aliphatic heterocycles. The molecule has 0 aromatic carbocycles. The summed E-state index contributed by atoms with van der Waals surface area (Å²) in [4.78, 5) is 12.5. The molecule has 0 aliphatic rings. The predicted molar refractivity (Wildman–Crippen MR) is 176 cm³/mol. The number of rotatable bonds is 28. The van der Waals surface area contributed by atoms with Crippen LogP contribution in [0.3, 0.4) is 0 Å². The van der Waals surface area contributed by atoms with Gasteiger partial charge in [0.25, 0.3) is 0 Å². The van der Waals surface area contributed by atoms with Gasteiger partial charge in [-0.1, -0.05) is 162 Å². The molecule has 0 spiro atoms. The number of esters is 1. The summed E-state index contributed by atoms with van der Waals surface area (Å²) in [7, 11) is -1.43. The second-order valence-electron chi connectivity index (χ2n) is 13.1. The minimum Gasteiger partial charge on any atom is -0.458 e. The zero-order chi connectivity index (χ0) is 31.0. The second-order valence-corrected chi connectivity index (χ2v) is 14.5. The van der Waals surface area contributed by atoms with Crippen LogP contribution in [0.15, 0.2) is 0 Å². The molecule has 0 radical (unpaired) electrons. The summed E-state index contributed by atoms with van der Waals surface area (Å²) in [5, 5.41) is 10.6. The average molecular weight is 622 g/mol. The maximum absolute atomic E-state index is 12.5. The Morgan fingerprint density at radius 2 is 1.22 bits per heavy atom. The van der Waals surface area contributed by atoms with Gasteiger partial charge in [-0.25, -0.2) is 4.79 Å². The third-order valence-electron chi connectivity index (χ3n) is 7.46. The SMILES string of the molecule is CCCCCCCCCCCCCC(CCCCCCC)CC(S)OC(CC)OC(O)([PH+]=O)C(=O)OCC(C)(C)C. The van der Waals surface area contributed by atoms with Crippen molar-refractivity contribution in [1.82, 2.24) is 0 Å². The van der Waals surface area contributed by atoms with Crippen LogP contribution in [0.5, 0.6) is 0 Å². The van der Waals surface area contributed by atoms with E-state index in [1.807, 2.05) is 27.7 Å². The van der Waals surface area contributed by atoms with Crippen LogP contribution in [-0.2, 0) is 23.6 Å². The molecule has 0 fully saturated rings. The molecular formula is C33H66O6PS+. The van der Waals surface area contributed by atoms with E-state index in [2.05, 4.69) is 13.8 Å². The molecule has 0 heterocycles. The molecule has 0 saturated carbocycles. The van der Waals surface area contributed by atoms with Crippen molar-refractivity contribution in [2.24, 2.45) is 11.3 Å². The lowest BCUT2D eigenvalue weighted by Crippen LogP contribution is -2.42. The Bertz CT molecular complexity index is 644. The third kappa shape index (κ3) is 22.9. The minimum absolute atomic E-state index is 0.0772. The van der Waals surface area contributed by atoms with Crippen LogP contribution in [0.2, 0.25) is 0 Å².